The van der Waals surface area contributed by atoms with E-state index in [2.05, 4.69) is 57.0 Å². The molecule has 4 nitrogen and oxygen atoms in total. The van der Waals surface area contributed by atoms with Crippen LogP contribution in [-0.4, -0.2) is 41.0 Å². The molecule has 1 unspecified atom stereocenters. The van der Waals surface area contributed by atoms with Gasteiger partial charge in [-0.15, -0.1) is 0 Å². The number of nitrogens with one attached hydrogen (secondary N) is 1. The highest BCUT2D eigenvalue weighted by Crippen LogP contribution is 2.09. The second kappa shape index (κ2) is 6.81. The Hall–Kier alpha value is -0.680. The monoisotopic (exact) mass is 286 g/mol. The molecule has 1 N–H and O–H groups in total. The van der Waals surface area contributed by atoms with E-state index >= 15 is 0 Å². The Morgan fingerprint density at radius 1 is 1.50 bits per heavy atom. The molecule has 0 spiro atoms. The van der Waals surface area contributed by atoms with Gasteiger partial charge in [-0.05, 0) is 36.3 Å². The maximum Gasteiger partial charge on any atom is 0.130 e. The van der Waals surface area contributed by atoms with E-state index in [-0.39, 0.29) is 0 Å². The van der Waals surface area contributed by atoms with Gasteiger partial charge in [-0.2, -0.15) is 0 Å². The maximum absolute atomic E-state index is 4.13. The molecule has 0 saturated carbocycles. The smallest absolute Gasteiger partial charge is 0.130 e. The molecular formula is C11H19BrN4. The summed E-state index contributed by atoms with van der Waals surface area (Å²) in [6.45, 7) is 6.35. The predicted octanol–water partition coefficient (Wildman–Crippen LogP) is 2.38. The van der Waals surface area contributed by atoms with Gasteiger partial charge in [0.1, 0.15) is 16.7 Å². The number of hydrogen-bond acceptors (Lipinski definition) is 4. The lowest BCUT2D eigenvalue weighted by Gasteiger charge is -2.23. The van der Waals surface area contributed by atoms with Crippen LogP contribution < -0.4 is 5.32 Å². The van der Waals surface area contributed by atoms with Crippen LogP contribution in [0.3, 0.4) is 0 Å². The minimum Gasteiger partial charge on any atom is -0.369 e. The van der Waals surface area contributed by atoms with Gasteiger partial charge in [-0.3, -0.25) is 0 Å². The van der Waals surface area contributed by atoms with Crippen molar-refractivity contribution in [3.8, 4) is 0 Å². The highest BCUT2D eigenvalue weighted by molar-refractivity contribution is 9.10. The first kappa shape index (κ1) is 13.4. The van der Waals surface area contributed by atoms with E-state index in [0.717, 1.165) is 23.5 Å². The van der Waals surface area contributed by atoms with E-state index in [4.69, 9.17) is 0 Å². The number of anilines is 1. The molecule has 16 heavy (non-hydrogen) atoms. The van der Waals surface area contributed by atoms with Crippen LogP contribution in [0.5, 0.6) is 0 Å². The Labute approximate surface area is 106 Å². The lowest BCUT2D eigenvalue weighted by atomic mass is 10.2. The highest BCUT2D eigenvalue weighted by atomic mass is 79.9. The molecule has 0 bridgehead atoms. The standard InChI is InChI=1S/C11H19BrN4/c1-4-9(2)16(3)6-5-13-11-7-10(12)14-8-15-11/h7-9H,4-6H2,1-3H3,(H,13,14,15). The molecule has 1 aromatic rings. The first-order valence-electron chi connectivity index (χ1n) is 5.55. The number of aromatic nitrogens is 2. The van der Waals surface area contributed by atoms with Crippen LogP contribution in [0.1, 0.15) is 20.3 Å². The average molecular weight is 287 g/mol. The molecule has 90 valence electrons. The van der Waals surface area contributed by atoms with Gasteiger partial charge in [0, 0.05) is 25.2 Å². The van der Waals surface area contributed by atoms with E-state index in [1.165, 1.54) is 6.42 Å². The highest BCUT2D eigenvalue weighted by Gasteiger charge is 2.05. The topological polar surface area (TPSA) is 41.0 Å². The first-order chi connectivity index (χ1) is 7.63. The van der Waals surface area contributed by atoms with Gasteiger partial charge in [-0.1, -0.05) is 6.92 Å². The zero-order valence-corrected chi connectivity index (χ0v) is 11.7. The van der Waals surface area contributed by atoms with Crippen molar-refractivity contribution in [2.75, 3.05) is 25.5 Å². The molecule has 1 atom stereocenters. The number of rotatable bonds is 6. The molecule has 0 aliphatic heterocycles. The van der Waals surface area contributed by atoms with Crippen LogP contribution in [0.25, 0.3) is 0 Å². The van der Waals surface area contributed by atoms with Crippen molar-refractivity contribution in [2.24, 2.45) is 0 Å². The summed E-state index contributed by atoms with van der Waals surface area (Å²) in [5.74, 6) is 0.861. The van der Waals surface area contributed by atoms with Gasteiger partial charge in [0.05, 0.1) is 0 Å². The van der Waals surface area contributed by atoms with Crippen molar-refractivity contribution in [1.82, 2.24) is 14.9 Å². The van der Waals surface area contributed by atoms with E-state index < -0.39 is 0 Å². The van der Waals surface area contributed by atoms with Gasteiger partial charge in [-0.25, -0.2) is 9.97 Å². The third-order valence-corrected chi connectivity index (χ3v) is 3.18. The Kier molecular flexibility index (Phi) is 5.69. The van der Waals surface area contributed by atoms with Crippen LogP contribution >= 0.6 is 15.9 Å². The van der Waals surface area contributed by atoms with E-state index in [1.807, 2.05) is 6.07 Å². The van der Waals surface area contributed by atoms with Crippen LogP contribution in [0.15, 0.2) is 17.0 Å². The molecule has 0 saturated heterocycles. The molecular weight excluding hydrogens is 268 g/mol. The fourth-order valence-corrected chi connectivity index (χ4v) is 1.63. The van der Waals surface area contributed by atoms with Crippen molar-refractivity contribution in [3.63, 3.8) is 0 Å². The third-order valence-electron chi connectivity index (χ3n) is 2.75. The molecule has 5 heteroatoms. The number of halogens is 1. The maximum atomic E-state index is 4.13. The van der Waals surface area contributed by atoms with Gasteiger partial charge in [0.25, 0.3) is 0 Å². The van der Waals surface area contributed by atoms with Crippen molar-refractivity contribution in [1.29, 1.82) is 0 Å². The Morgan fingerprint density at radius 3 is 2.88 bits per heavy atom. The van der Waals surface area contributed by atoms with E-state index in [1.54, 1.807) is 6.33 Å². The molecule has 0 aliphatic carbocycles. The summed E-state index contributed by atoms with van der Waals surface area (Å²) < 4.78 is 0.806. The molecule has 1 heterocycles. The van der Waals surface area contributed by atoms with Gasteiger partial charge in [0.2, 0.25) is 0 Å². The van der Waals surface area contributed by atoms with Crippen LogP contribution in [0.4, 0.5) is 5.82 Å². The second-order valence-corrected chi connectivity index (χ2v) is 4.70. The molecule has 1 aromatic heterocycles. The minimum atomic E-state index is 0.624. The zero-order valence-electron chi connectivity index (χ0n) is 10.1. The summed E-state index contributed by atoms with van der Waals surface area (Å²) in [7, 11) is 2.14. The number of hydrogen-bond donors (Lipinski definition) is 1. The van der Waals surface area contributed by atoms with E-state index in [9.17, 15) is 0 Å². The normalized spacial score (nSPS) is 12.8. The summed E-state index contributed by atoms with van der Waals surface area (Å²) in [5, 5.41) is 3.27. The van der Waals surface area contributed by atoms with Crippen LogP contribution in [0.2, 0.25) is 0 Å². The quantitative estimate of drug-likeness (QED) is 0.816. The number of likely N-dealkylation sites (N-methyl/N-ethyl adjacent to an activating group) is 1. The van der Waals surface area contributed by atoms with Crippen LogP contribution in [-0.2, 0) is 0 Å². The van der Waals surface area contributed by atoms with Gasteiger partial charge >= 0.3 is 0 Å². The minimum absolute atomic E-state index is 0.624. The largest absolute Gasteiger partial charge is 0.369 e. The Balaban J connectivity index is 2.30. The molecule has 0 aromatic carbocycles. The fraction of sp³-hybridized carbons (Fsp3) is 0.636. The summed E-state index contributed by atoms with van der Waals surface area (Å²) in [5.41, 5.74) is 0. The van der Waals surface area contributed by atoms with Crippen LogP contribution in [0, 0.1) is 0 Å². The first-order valence-corrected chi connectivity index (χ1v) is 6.34. The Morgan fingerprint density at radius 2 is 2.25 bits per heavy atom. The number of nitrogens with zero attached hydrogens (tertiary/aromatic N) is 3. The molecule has 1 rings (SSSR count). The lowest BCUT2D eigenvalue weighted by molar-refractivity contribution is 0.261. The summed E-state index contributed by atoms with van der Waals surface area (Å²) in [4.78, 5) is 10.4. The molecule has 0 fully saturated rings. The van der Waals surface area contributed by atoms with Gasteiger partial charge in [0.15, 0.2) is 0 Å². The predicted molar refractivity (Wildman–Crippen MR) is 70.6 cm³/mol. The van der Waals surface area contributed by atoms with Crippen molar-refractivity contribution in [3.05, 3.63) is 17.0 Å². The van der Waals surface area contributed by atoms with Crippen molar-refractivity contribution >= 4 is 21.7 Å². The third kappa shape index (κ3) is 4.45. The van der Waals surface area contributed by atoms with Crippen molar-refractivity contribution < 1.29 is 0 Å². The molecule has 0 amide bonds. The molecule has 0 aliphatic rings. The fourth-order valence-electron chi connectivity index (χ4n) is 1.32. The SMILES string of the molecule is CCC(C)N(C)CCNc1cc(Br)ncn1. The molecule has 0 radical (unpaired) electrons. The Bertz CT molecular complexity index is 319. The lowest BCUT2D eigenvalue weighted by Crippen LogP contribution is -2.32. The second-order valence-electron chi connectivity index (χ2n) is 3.89. The van der Waals surface area contributed by atoms with Crippen molar-refractivity contribution in [2.45, 2.75) is 26.3 Å². The summed E-state index contributed by atoms with van der Waals surface area (Å²) in [6, 6.07) is 2.50. The average Bonchev–Trinajstić information content (AvgIpc) is 2.28. The summed E-state index contributed by atoms with van der Waals surface area (Å²) in [6.07, 6.45) is 2.72. The summed E-state index contributed by atoms with van der Waals surface area (Å²) >= 11 is 3.32. The van der Waals surface area contributed by atoms with Gasteiger partial charge < -0.3 is 10.2 Å². The zero-order chi connectivity index (χ0) is 12.0. The van der Waals surface area contributed by atoms with E-state index in [0.29, 0.717) is 6.04 Å².